The molecule has 0 amide bonds. The van der Waals surface area contributed by atoms with Crippen molar-refractivity contribution in [1.29, 1.82) is 0 Å². The topological polar surface area (TPSA) is 42.4 Å². The van der Waals surface area contributed by atoms with E-state index in [0.717, 1.165) is 23.7 Å². The van der Waals surface area contributed by atoms with Gasteiger partial charge in [0.1, 0.15) is 5.76 Å². The molecule has 0 aliphatic carbocycles. The smallest absolute Gasteiger partial charge is 0.123 e. The van der Waals surface area contributed by atoms with E-state index in [1.165, 1.54) is 0 Å². The maximum absolute atomic E-state index is 5.99. The first kappa shape index (κ1) is 11.9. The number of hydrogen-bond donors (Lipinski definition) is 1. The van der Waals surface area contributed by atoms with E-state index in [0.29, 0.717) is 11.6 Å². The minimum atomic E-state index is 0.687. The number of hydrogen-bond acceptors (Lipinski definition) is 3. The van der Waals surface area contributed by atoms with Gasteiger partial charge in [0.15, 0.2) is 0 Å². The molecule has 90 valence electrons. The summed E-state index contributed by atoms with van der Waals surface area (Å²) in [6.45, 7) is 3.60. The summed E-state index contributed by atoms with van der Waals surface area (Å²) < 4.78 is 5.34. The van der Waals surface area contributed by atoms with Crippen molar-refractivity contribution in [2.75, 3.05) is 17.2 Å². The van der Waals surface area contributed by atoms with E-state index in [1.54, 1.807) is 12.3 Å². The average molecular weight is 251 g/mol. The predicted molar refractivity (Wildman–Crippen MR) is 71.3 cm³/mol. The van der Waals surface area contributed by atoms with Gasteiger partial charge in [0, 0.05) is 11.6 Å². The number of furan rings is 1. The molecule has 0 saturated carbocycles. The summed E-state index contributed by atoms with van der Waals surface area (Å²) in [4.78, 5) is 2.13. The average Bonchev–Trinajstić information content (AvgIpc) is 2.82. The van der Waals surface area contributed by atoms with Crippen LogP contribution in [0.15, 0.2) is 41.0 Å². The molecule has 2 aromatic rings. The van der Waals surface area contributed by atoms with Gasteiger partial charge in [0.05, 0.1) is 24.2 Å². The van der Waals surface area contributed by atoms with Crippen LogP contribution >= 0.6 is 11.6 Å². The molecule has 0 spiro atoms. The monoisotopic (exact) mass is 250 g/mol. The van der Waals surface area contributed by atoms with Crippen LogP contribution < -0.4 is 10.6 Å². The molecule has 4 heteroatoms. The first-order valence-corrected chi connectivity index (χ1v) is 5.91. The molecule has 0 radical (unpaired) electrons. The number of rotatable bonds is 4. The second kappa shape index (κ2) is 5.15. The van der Waals surface area contributed by atoms with E-state index in [9.17, 15) is 0 Å². The molecule has 0 fully saturated rings. The lowest BCUT2D eigenvalue weighted by molar-refractivity contribution is 0.504. The van der Waals surface area contributed by atoms with Crippen LogP contribution in [0.3, 0.4) is 0 Å². The molecule has 1 aromatic carbocycles. The lowest BCUT2D eigenvalue weighted by atomic mass is 10.2. The molecule has 0 aliphatic rings. The minimum absolute atomic E-state index is 0.687. The highest BCUT2D eigenvalue weighted by molar-refractivity contribution is 6.31. The third-order valence-corrected chi connectivity index (χ3v) is 2.88. The van der Waals surface area contributed by atoms with E-state index in [1.807, 2.05) is 24.3 Å². The van der Waals surface area contributed by atoms with E-state index >= 15 is 0 Å². The van der Waals surface area contributed by atoms with Crippen molar-refractivity contribution in [3.63, 3.8) is 0 Å². The third kappa shape index (κ3) is 2.74. The van der Waals surface area contributed by atoms with Crippen LogP contribution in [-0.2, 0) is 6.54 Å². The fourth-order valence-electron chi connectivity index (χ4n) is 1.75. The summed E-state index contributed by atoms with van der Waals surface area (Å²) in [7, 11) is 0. The summed E-state index contributed by atoms with van der Waals surface area (Å²) >= 11 is 5.99. The molecular formula is C13H15ClN2O. The fourth-order valence-corrected chi connectivity index (χ4v) is 1.92. The van der Waals surface area contributed by atoms with Crippen molar-refractivity contribution in [3.8, 4) is 0 Å². The normalized spacial score (nSPS) is 10.5. The Kier molecular flexibility index (Phi) is 3.59. The first-order valence-electron chi connectivity index (χ1n) is 5.53. The lowest BCUT2D eigenvalue weighted by Gasteiger charge is -2.23. The molecule has 0 unspecified atom stereocenters. The quantitative estimate of drug-likeness (QED) is 0.844. The number of benzene rings is 1. The van der Waals surface area contributed by atoms with Gasteiger partial charge in [-0.1, -0.05) is 11.6 Å². The molecule has 17 heavy (non-hydrogen) atoms. The lowest BCUT2D eigenvalue weighted by Crippen LogP contribution is -2.22. The van der Waals surface area contributed by atoms with E-state index in [-0.39, 0.29) is 0 Å². The Labute approximate surface area is 106 Å². The largest absolute Gasteiger partial charge is 0.467 e. The second-order valence-electron chi connectivity index (χ2n) is 3.80. The first-order chi connectivity index (χ1) is 8.20. The van der Waals surface area contributed by atoms with Crippen LogP contribution in [0.1, 0.15) is 12.7 Å². The Morgan fingerprint density at radius 1 is 1.35 bits per heavy atom. The molecule has 2 N–H and O–H groups in total. The molecule has 1 aromatic heterocycles. The summed E-state index contributed by atoms with van der Waals surface area (Å²) in [6.07, 6.45) is 1.67. The van der Waals surface area contributed by atoms with Gasteiger partial charge in [-0.3, -0.25) is 0 Å². The molecule has 0 aliphatic heterocycles. The van der Waals surface area contributed by atoms with Crippen LogP contribution in [0, 0.1) is 0 Å². The number of nitrogens with two attached hydrogens (primary N) is 1. The van der Waals surface area contributed by atoms with Crippen LogP contribution in [0.5, 0.6) is 0 Å². The Bertz CT molecular complexity index is 482. The minimum Gasteiger partial charge on any atom is -0.467 e. The molecule has 0 atom stereocenters. The van der Waals surface area contributed by atoms with E-state index < -0.39 is 0 Å². The number of nitrogen functional groups attached to an aromatic ring is 1. The molecule has 0 saturated heterocycles. The molecular weight excluding hydrogens is 236 g/mol. The highest BCUT2D eigenvalue weighted by Gasteiger charge is 2.10. The number of nitrogens with zero attached hydrogens (tertiary/aromatic N) is 1. The van der Waals surface area contributed by atoms with Gasteiger partial charge in [-0.05, 0) is 37.3 Å². The van der Waals surface area contributed by atoms with Crippen LogP contribution in [0.2, 0.25) is 5.02 Å². The van der Waals surface area contributed by atoms with E-state index in [4.69, 9.17) is 21.8 Å². The van der Waals surface area contributed by atoms with Gasteiger partial charge in [-0.25, -0.2) is 0 Å². The summed E-state index contributed by atoms with van der Waals surface area (Å²) in [6, 6.07) is 9.32. The molecule has 1 heterocycles. The Morgan fingerprint density at radius 2 is 2.18 bits per heavy atom. The highest BCUT2D eigenvalue weighted by Crippen LogP contribution is 2.28. The van der Waals surface area contributed by atoms with Crippen LogP contribution in [0.4, 0.5) is 11.4 Å². The zero-order chi connectivity index (χ0) is 12.3. The van der Waals surface area contributed by atoms with Gasteiger partial charge in [-0.2, -0.15) is 0 Å². The van der Waals surface area contributed by atoms with E-state index in [2.05, 4.69) is 11.8 Å². The van der Waals surface area contributed by atoms with Crippen molar-refractivity contribution in [3.05, 3.63) is 47.4 Å². The summed E-state index contributed by atoms with van der Waals surface area (Å²) in [5.41, 5.74) is 7.63. The maximum atomic E-state index is 5.99. The van der Waals surface area contributed by atoms with Crippen molar-refractivity contribution >= 4 is 23.0 Å². The standard InChI is InChI=1S/C13H15ClN2O/c1-2-16(9-11-4-3-7-17-11)13-8-10(14)5-6-12(13)15/h3-8H,2,9,15H2,1H3. The summed E-state index contributed by atoms with van der Waals surface area (Å²) in [5.74, 6) is 0.909. The second-order valence-corrected chi connectivity index (χ2v) is 4.23. The SMILES string of the molecule is CCN(Cc1ccco1)c1cc(Cl)ccc1N. The fraction of sp³-hybridized carbons (Fsp3) is 0.231. The molecule has 3 nitrogen and oxygen atoms in total. The zero-order valence-electron chi connectivity index (χ0n) is 9.69. The Hall–Kier alpha value is -1.61. The highest BCUT2D eigenvalue weighted by atomic mass is 35.5. The number of halogens is 1. The zero-order valence-corrected chi connectivity index (χ0v) is 10.4. The number of anilines is 2. The van der Waals surface area contributed by atoms with Crippen molar-refractivity contribution in [2.24, 2.45) is 0 Å². The van der Waals surface area contributed by atoms with Gasteiger partial charge in [-0.15, -0.1) is 0 Å². The van der Waals surface area contributed by atoms with Crippen molar-refractivity contribution < 1.29 is 4.42 Å². The van der Waals surface area contributed by atoms with Gasteiger partial charge >= 0.3 is 0 Å². The third-order valence-electron chi connectivity index (χ3n) is 2.64. The Balaban J connectivity index is 2.25. The van der Waals surface area contributed by atoms with Crippen molar-refractivity contribution in [2.45, 2.75) is 13.5 Å². The van der Waals surface area contributed by atoms with Gasteiger partial charge < -0.3 is 15.1 Å². The van der Waals surface area contributed by atoms with Crippen molar-refractivity contribution in [1.82, 2.24) is 0 Å². The Morgan fingerprint density at radius 3 is 2.82 bits per heavy atom. The van der Waals surface area contributed by atoms with Crippen LogP contribution in [0.25, 0.3) is 0 Å². The molecule has 2 rings (SSSR count). The predicted octanol–water partition coefficient (Wildman–Crippen LogP) is 3.54. The maximum Gasteiger partial charge on any atom is 0.123 e. The molecule has 0 bridgehead atoms. The van der Waals surface area contributed by atoms with Crippen LogP contribution in [-0.4, -0.2) is 6.54 Å². The van der Waals surface area contributed by atoms with Gasteiger partial charge in [0.25, 0.3) is 0 Å². The summed E-state index contributed by atoms with van der Waals surface area (Å²) in [5, 5.41) is 0.687. The van der Waals surface area contributed by atoms with Gasteiger partial charge in [0.2, 0.25) is 0 Å².